The van der Waals surface area contributed by atoms with Crippen molar-refractivity contribution in [3.8, 4) is 0 Å². The Morgan fingerprint density at radius 1 is 1.00 bits per heavy atom. The zero-order valence-corrected chi connectivity index (χ0v) is 12.4. The van der Waals surface area contributed by atoms with E-state index in [0.717, 1.165) is 12.8 Å². The summed E-state index contributed by atoms with van der Waals surface area (Å²) in [5, 5.41) is 0. The molecule has 0 aliphatic rings. The van der Waals surface area contributed by atoms with E-state index in [1.165, 1.54) is 5.56 Å². The van der Waals surface area contributed by atoms with Crippen LogP contribution in [0, 0.1) is 0 Å². The number of halogens is 1. The van der Waals surface area contributed by atoms with Crippen LogP contribution in [0.25, 0.3) is 0 Å². The lowest BCUT2D eigenvalue weighted by molar-refractivity contribution is 0.186. The quantitative estimate of drug-likeness (QED) is 0.529. The molecule has 1 aromatic rings. The highest BCUT2D eigenvalue weighted by Crippen LogP contribution is 2.20. The van der Waals surface area contributed by atoms with Gasteiger partial charge < -0.3 is 8.85 Å². The Morgan fingerprint density at radius 3 is 2.00 bits per heavy atom. The Morgan fingerprint density at radius 2 is 1.53 bits per heavy atom. The zero-order valence-electron chi connectivity index (χ0n) is 10.6. The summed E-state index contributed by atoms with van der Waals surface area (Å²) in [5.74, 6) is 0. The van der Waals surface area contributed by atoms with E-state index in [1.54, 1.807) is 0 Å². The Balaban J connectivity index is 2.61. The molecule has 0 aliphatic carbocycles. The van der Waals surface area contributed by atoms with E-state index in [-0.39, 0.29) is 0 Å². The van der Waals surface area contributed by atoms with Crippen molar-refractivity contribution < 1.29 is 8.85 Å². The van der Waals surface area contributed by atoms with E-state index in [1.807, 2.05) is 18.2 Å². The van der Waals surface area contributed by atoms with Crippen LogP contribution in [0.5, 0.6) is 0 Å². The molecule has 0 fully saturated rings. The van der Waals surface area contributed by atoms with Crippen molar-refractivity contribution in [2.75, 3.05) is 13.2 Å². The molecule has 0 aromatic heterocycles. The maximum absolute atomic E-state index is 6.53. The van der Waals surface area contributed by atoms with Gasteiger partial charge in [-0.05, 0) is 18.4 Å². The second-order valence-electron chi connectivity index (χ2n) is 4.02. The molecule has 0 N–H and O–H groups in total. The van der Waals surface area contributed by atoms with Crippen LogP contribution in [-0.4, -0.2) is 21.1 Å². The van der Waals surface area contributed by atoms with E-state index in [0.29, 0.717) is 19.3 Å². The molecule has 0 amide bonds. The average molecular weight is 273 g/mol. The Hall–Kier alpha value is -0.353. The molecule has 0 atom stereocenters. The van der Waals surface area contributed by atoms with Crippen LogP contribution in [-0.2, 0) is 14.9 Å². The lowest BCUT2D eigenvalue weighted by Gasteiger charge is -2.24. The normalized spacial score (nSPS) is 11.7. The van der Waals surface area contributed by atoms with Gasteiger partial charge in [0.1, 0.15) is 0 Å². The minimum Gasteiger partial charge on any atom is -0.383 e. The molecule has 1 aromatic carbocycles. The van der Waals surface area contributed by atoms with E-state index in [2.05, 4.69) is 26.0 Å². The number of benzene rings is 1. The maximum Gasteiger partial charge on any atom is 0.447 e. The first-order valence-corrected chi connectivity index (χ1v) is 9.24. The first-order valence-electron chi connectivity index (χ1n) is 6.21. The number of hydrogen-bond acceptors (Lipinski definition) is 2. The fourth-order valence-corrected chi connectivity index (χ4v) is 4.45. The highest BCUT2D eigenvalue weighted by atomic mass is 35.6. The molecule has 0 radical (unpaired) electrons. The van der Waals surface area contributed by atoms with Gasteiger partial charge in [0.05, 0.1) is 0 Å². The monoisotopic (exact) mass is 272 g/mol. The summed E-state index contributed by atoms with van der Waals surface area (Å²) in [5.41, 5.74) is 1.18. The van der Waals surface area contributed by atoms with Crippen LogP contribution in [0.4, 0.5) is 0 Å². The first kappa shape index (κ1) is 14.7. The molecule has 0 aliphatic heterocycles. The Bertz CT molecular complexity index is 298. The molecular formula is C13H21ClO2Si. The molecule has 0 saturated heterocycles. The fraction of sp³-hybridized carbons (Fsp3) is 0.538. The van der Waals surface area contributed by atoms with Gasteiger partial charge in [-0.2, -0.15) is 0 Å². The number of rotatable bonds is 8. The maximum atomic E-state index is 6.53. The number of hydrogen-bond donors (Lipinski definition) is 0. The summed E-state index contributed by atoms with van der Waals surface area (Å²) < 4.78 is 11.5. The van der Waals surface area contributed by atoms with Crippen molar-refractivity contribution in [3.05, 3.63) is 35.9 Å². The summed E-state index contributed by atoms with van der Waals surface area (Å²) in [7, 11) is -2.56. The van der Waals surface area contributed by atoms with Crippen molar-refractivity contribution in [2.24, 2.45) is 0 Å². The molecular weight excluding hydrogens is 252 g/mol. The Kier molecular flexibility index (Phi) is 6.81. The van der Waals surface area contributed by atoms with Crippen LogP contribution in [0.3, 0.4) is 0 Å². The van der Waals surface area contributed by atoms with Crippen LogP contribution >= 0.6 is 11.1 Å². The van der Waals surface area contributed by atoms with Gasteiger partial charge in [0.15, 0.2) is 0 Å². The van der Waals surface area contributed by atoms with Gasteiger partial charge in [-0.1, -0.05) is 55.3 Å². The largest absolute Gasteiger partial charge is 0.447 e. The fourth-order valence-electron chi connectivity index (χ4n) is 1.49. The second kappa shape index (κ2) is 7.87. The highest BCUT2D eigenvalue weighted by molar-refractivity contribution is 7.12. The van der Waals surface area contributed by atoms with Crippen LogP contribution in [0.15, 0.2) is 30.3 Å². The van der Waals surface area contributed by atoms with Crippen molar-refractivity contribution in [3.63, 3.8) is 0 Å². The highest BCUT2D eigenvalue weighted by Gasteiger charge is 2.35. The molecule has 2 nitrogen and oxygen atoms in total. The van der Waals surface area contributed by atoms with Crippen molar-refractivity contribution >= 4 is 18.9 Å². The van der Waals surface area contributed by atoms with Crippen molar-refractivity contribution in [1.82, 2.24) is 0 Å². The van der Waals surface area contributed by atoms with E-state index >= 15 is 0 Å². The van der Waals surface area contributed by atoms with Gasteiger partial charge in [0.2, 0.25) is 0 Å². The molecule has 4 heteroatoms. The smallest absolute Gasteiger partial charge is 0.383 e. The van der Waals surface area contributed by atoms with E-state index in [4.69, 9.17) is 19.9 Å². The summed E-state index contributed by atoms with van der Waals surface area (Å²) in [6, 6.07) is 10.9. The van der Waals surface area contributed by atoms with Crippen molar-refractivity contribution in [2.45, 2.75) is 32.7 Å². The van der Waals surface area contributed by atoms with Gasteiger partial charge in [-0.25, -0.2) is 0 Å². The minimum atomic E-state index is -2.56. The molecule has 96 valence electrons. The van der Waals surface area contributed by atoms with Crippen LogP contribution in [0.1, 0.15) is 32.3 Å². The lowest BCUT2D eigenvalue weighted by Crippen LogP contribution is -2.39. The van der Waals surface area contributed by atoms with Gasteiger partial charge in [-0.15, -0.1) is 0 Å². The molecule has 1 rings (SSSR count). The van der Waals surface area contributed by atoms with Crippen LogP contribution < -0.4 is 0 Å². The molecule has 0 saturated carbocycles. The predicted molar refractivity (Wildman–Crippen MR) is 74.2 cm³/mol. The second-order valence-corrected chi connectivity index (χ2v) is 8.00. The summed E-state index contributed by atoms with van der Waals surface area (Å²) in [4.78, 5) is 0. The molecule has 0 unspecified atom stereocenters. The molecule has 0 spiro atoms. The summed E-state index contributed by atoms with van der Waals surface area (Å²) >= 11 is 6.53. The first-order chi connectivity index (χ1) is 8.20. The van der Waals surface area contributed by atoms with Gasteiger partial charge >= 0.3 is 7.87 Å². The topological polar surface area (TPSA) is 18.5 Å². The van der Waals surface area contributed by atoms with E-state index in [9.17, 15) is 0 Å². The predicted octanol–water partition coefficient (Wildman–Crippen LogP) is 3.80. The van der Waals surface area contributed by atoms with E-state index < -0.39 is 7.87 Å². The SMILES string of the molecule is CCCO[Si](Cl)(Cc1ccccc1)OCCC. The molecule has 0 bridgehead atoms. The van der Waals surface area contributed by atoms with Gasteiger partial charge in [-0.3, -0.25) is 0 Å². The third kappa shape index (κ3) is 5.68. The average Bonchev–Trinajstić information content (AvgIpc) is 2.35. The summed E-state index contributed by atoms with van der Waals surface area (Å²) in [6.07, 6.45) is 1.93. The van der Waals surface area contributed by atoms with Gasteiger partial charge in [0.25, 0.3) is 0 Å². The third-order valence-corrected chi connectivity index (χ3v) is 5.46. The Labute approximate surface area is 110 Å². The standard InChI is InChI=1S/C13H21ClO2Si/c1-3-10-15-17(14,16-11-4-2)12-13-8-6-5-7-9-13/h5-9H,3-4,10-12H2,1-2H3. The van der Waals surface area contributed by atoms with Crippen molar-refractivity contribution in [1.29, 1.82) is 0 Å². The summed E-state index contributed by atoms with van der Waals surface area (Å²) in [6.45, 7) is 5.50. The lowest BCUT2D eigenvalue weighted by atomic mass is 10.2. The third-order valence-electron chi connectivity index (χ3n) is 2.30. The molecule has 17 heavy (non-hydrogen) atoms. The zero-order chi connectivity index (χ0) is 12.6. The molecule has 0 heterocycles. The van der Waals surface area contributed by atoms with Gasteiger partial charge in [0, 0.05) is 19.3 Å². The van der Waals surface area contributed by atoms with Crippen LogP contribution in [0.2, 0.25) is 0 Å². The minimum absolute atomic E-state index is 0.673.